The molecule has 1 fully saturated rings. The molecule has 1 atom stereocenters. The van der Waals surface area contributed by atoms with Gasteiger partial charge in [-0.2, -0.15) is 0 Å². The highest BCUT2D eigenvalue weighted by Crippen LogP contribution is 2.14. The van der Waals surface area contributed by atoms with E-state index in [1.807, 2.05) is 47.8 Å². The quantitative estimate of drug-likeness (QED) is 0.883. The third kappa shape index (κ3) is 3.97. The molecule has 1 aromatic heterocycles. The van der Waals surface area contributed by atoms with Crippen LogP contribution in [0.15, 0.2) is 49.1 Å². The Kier molecular flexibility index (Phi) is 5.05. The number of amides is 1. The molecule has 1 saturated heterocycles. The monoisotopic (exact) mass is 313 g/mol. The molecule has 1 aromatic carbocycles. The van der Waals surface area contributed by atoms with Gasteiger partial charge in [-0.3, -0.25) is 9.69 Å². The topological polar surface area (TPSA) is 67.4 Å². The molecule has 0 bridgehead atoms. The summed E-state index contributed by atoms with van der Waals surface area (Å²) in [5, 5.41) is 0. The summed E-state index contributed by atoms with van der Waals surface area (Å²) in [4.78, 5) is 20.8. The third-order valence-electron chi connectivity index (χ3n) is 4.34. The highest BCUT2D eigenvalue weighted by atomic mass is 16.2. The van der Waals surface area contributed by atoms with Crippen LogP contribution in [0.5, 0.6) is 0 Å². The van der Waals surface area contributed by atoms with E-state index in [0.717, 1.165) is 44.8 Å². The van der Waals surface area contributed by atoms with Crippen LogP contribution in [0.1, 0.15) is 11.6 Å². The minimum atomic E-state index is -0.561. The maximum absolute atomic E-state index is 12.5. The number of nitrogens with zero attached hydrogens (tertiary/aromatic N) is 4. The Morgan fingerprint density at radius 2 is 1.87 bits per heavy atom. The summed E-state index contributed by atoms with van der Waals surface area (Å²) in [5.74, 6) is 0.0189. The van der Waals surface area contributed by atoms with Crippen molar-refractivity contribution < 1.29 is 4.79 Å². The predicted octanol–water partition coefficient (Wildman–Crippen LogP) is 0.727. The maximum atomic E-state index is 12.5. The van der Waals surface area contributed by atoms with Crippen molar-refractivity contribution in [2.75, 3.05) is 32.7 Å². The molecular weight excluding hydrogens is 290 g/mol. The molecular formula is C17H23N5O. The van der Waals surface area contributed by atoms with Gasteiger partial charge in [-0.05, 0) is 5.56 Å². The van der Waals surface area contributed by atoms with Crippen molar-refractivity contribution in [1.29, 1.82) is 0 Å². The third-order valence-corrected chi connectivity index (χ3v) is 4.34. The van der Waals surface area contributed by atoms with Gasteiger partial charge in [0.2, 0.25) is 5.91 Å². The second kappa shape index (κ2) is 7.39. The number of imidazole rings is 1. The summed E-state index contributed by atoms with van der Waals surface area (Å²) in [6.45, 7) is 5.16. The number of aromatic nitrogens is 2. The van der Waals surface area contributed by atoms with Crippen LogP contribution >= 0.6 is 0 Å². The summed E-state index contributed by atoms with van der Waals surface area (Å²) in [6.07, 6.45) is 5.60. The van der Waals surface area contributed by atoms with Crippen molar-refractivity contribution in [1.82, 2.24) is 19.4 Å². The van der Waals surface area contributed by atoms with Crippen molar-refractivity contribution in [3.63, 3.8) is 0 Å². The number of rotatable bonds is 5. The molecule has 6 nitrogen and oxygen atoms in total. The number of nitrogens with two attached hydrogens (primary N) is 1. The zero-order valence-electron chi connectivity index (χ0n) is 13.2. The molecule has 0 aliphatic carbocycles. The lowest BCUT2D eigenvalue weighted by Gasteiger charge is -2.36. The Morgan fingerprint density at radius 1 is 1.13 bits per heavy atom. The number of carbonyl (C=O) groups excluding carboxylic acids is 1. The van der Waals surface area contributed by atoms with Crippen molar-refractivity contribution in [3.05, 3.63) is 54.6 Å². The SMILES string of the molecule is N[C@@H](C(=O)N1CCN(CCn2ccnc2)CC1)c1ccccc1. The zero-order valence-corrected chi connectivity index (χ0v) is 13.2. The van der Waals surface area contributed by atoms with Crippen LogP contribution in [0, 0.1) is 0 Å². The number of piperazine rings is 1. The van der Waals surface area contributed by atoms with Gasteiger partial charge in [0.25, 0.3) is 0 Å². The fourth-order valence-corrected chi connectivity index (χ4v) is 2.87. The van der Waals surface area contributed by atoms with Crippen molar-refractivity contribution in [2.45, 2.75) is 12.6 Å². The zero-order chi connectivity index (χ0) is 16.1. The number of hydrogen-bond donors (Lipinski definition) is 1. The van der Waals surface area contributed by atoms with Gasteiger partial charge >= 0.3 is 0 Å². The average molecular weight is 313 g/mol. The van der Waals surface area contributed by atoms with E-state index in [4.69, 9.17) is 5.73 Å². The van der Waals surface area contributed by atoms with E-state index >= 15 is 0 Å². The molecule has 0 spiro atoms. The Morgan fingerprint density at radius 3 is 2.52 bits per heavy atom. The number of hydrogen-bond acceptors (Lipinski definition) is 4. The van der Waals surface area contributed by atoms with Gasteiger partial charge in [-0.1, -0.05) is 30.3 Å². The van der Waals surface area contributed by atoms with E-state index in [2.05, 4.69) is 14.5 Å². The minimum Gasteiger partial charge on any atom is -0.338 e. The lowest BCUT2D eigenvalue weighted by molar-refractivity contribution is -0.134. The van der Waals surface area contributed by atoms with Gasteiger partial charge in [0.1, 0.15) is 6.04 Å². The highest BCUT2D eigenvalue weighted by Gasteiger charge is 2.25. The average Bonchev–Trinajstić information content (AvgIpc) is 3.13. The first-order chi connectivity index (χ1) is 11.2. The van der Waals surface area contributed by atoms with E-state index in [-0.39, 0.29) is 5.91 Å². The molecule has 122 valence electrons. The second-order valence-electron chi connectivity index (χ2n) is 5.86. The molecule has 1 amide bonds. The van der Waals surface area contributed by atoms with Gasteiger partial charge in [0.05, 0.1) is 6.33 Å². The molecule has 1 aliphatic rings. The van der Waals surface area contributed by atoms with Crippen molar-refractivity contribution in [3.8, 4) is 0 Å². The van der Waals surface area contributed by atoms with E-state index < -0.39 is 6.04 Å². The molecule has 0 saturated carbocycles. The lowest BCUT2D eigenvalue weighted by atomic mass is 10.1. The van der Waals surface area contributed by atoms with Crippen molar-refractivity contribution >= 4 is 5.91 Å². The highest BCUT2D eigenvalue weighted by molar-refractivity contribution is 5.83. The minimum absolute atomic E-state index is 0.0189. The van der Waals surface area contributed by atoms with Crippen LogP contribution in [0.2, 0.25) is 0 Å². The fourth-order valence-electron chi connectivity index (χ4n) is 2.87. The molecule has 3 rings (SSSR count). The van der Waals surface area contributed by atoms with Crippen LogP contribution in [0.25, 0.3) is 0 Å². The summed E-state index contributed by atoms with van der Waals surface area (Å²) in [7, 11) is 0. The van der Waals surface area contributed by atoms with Crippen LogP contribution in [0.3, 0.4) is 0 Å². The molecule has 2 heterocycles. The van der Waals surface area contributed by atoms with Gasteiger partial charge < -0.3 is 15.2 Å². The van der Waals surface area contributed by atoms with Crippen LogP contribution < -0.4 is 5.73 Å². The first-order valence-corrected chi connectivity index (χ1v) is 8.01. The van der Waals surface area contributed by atoms with Gasteiger partial charge in [0.15, 0.2) is 0 Å². The number of benzene rings is 1. The van der Waals surface area contributed by atoms with Crippen LogP contribution in [-0.4, -0.2) is 58.0 Å². The normalized spacial score (nSPS) is 17.2. The molecule has 2 N–H and O–H groups in total. The standard InChI is InChI=1S/C17H23N5O/c18-16(15-4-2-1-3-5-15)17(23)22-12-10-20(11-13-22)8-9-21-7-6-19-14-21/h1-7,14,16H,8-13,18H2/t16-/m1/s1. The molecule has 0 unspecified atom stereocenters. The number of carbonyl (C=O) groups is 1. The molecule has 6 heteroatoms. The summed E-state index contributed by atoms with van der Waals surface area (Å²) in [5.41, 5.74) is 6.99. The summed E-state index contributed by atoms with van der Waals surface area (Å²) >= 11 is 0. The van der Waals surface area contributed by atoms with E-state index in [1.165, 1.54) is 0 Å². The summed E-state index contributed by atoms with van der Waals surface area (Å²) in [6, 6.07) is 9.01. The Hall–Kier alpha value is -2.18. The fraction of sp³-hybridized carbons (Fsp3) is 0.412. The van der Waals surface area contributed by atoms with E-state index in [1.54, 1.807) is 6.20 Å². The molecule has 1 aliphatic heterocycles. The lowest BCUT2D eigenvalue weighted by Crippen LogP contribution is -2.51. The summed E-state index contributed by atoms with van der Waals surface area (Å²) < 4.78 is 2.07. The van der Waals surface area contributed by atoms with Gasteiger partial charge in [-0.25, -0.2) is 4.98 Å². The second-order valence-corrected chi connectivity index (χ2v) is 5.86. The van der Waals surface area contributed by atoms with E-state index in [9.17, 15) is 4.79 Å². The first kappa shape index (κ1) is 15.7. The Bertz CT molecular complexity index is 605. The maximum Gasteiger partial charge on any atom is 0.244 e. The molecule has 2 aromatic rings. The van der Waals surface area contributed by atoms with Crippen LogP contribution in [-0.2, 0) is 11.3 Å². The largest absolute Gasteiger partial charge is 0.338 e. The van der Waals surface area contributed by atoms with Gasteiger partial charge in [0, 0.05) is 51.7 Å². The smallest absolute Gasteiger partial charge is 0.244 e. The molecule has 23 heavy (non-hydrogen) atoms. The Balaban J connectivity index is 1.47. The predicted molar refractivity (Wildman–Crippen MR) is 88.6 cm³/mol. The van der Waals surface area contributed by atoms with Crippen molar-refractivity contribution in [2.24, 2.45) is 5.73 Å². The van der Waals surface area contributed by atoms with Crippen LogP contribution in [0.4, 0.5) is 0 Å². The Labute approximate surface area is 136 Å². The van der Waals surface area contributed by atoms with E-state index in [0.29, 0.717) is 0 Å². The first-order valence-electron chi connectivity index (χ1n) is 8.01. The van der Waals surface area contributed by atoms with Gasteiger partial charge in [-0.15, -0.1) is 0 Å². The molecule has 0 radical (unpaired) electrons.